The lowest BCUT2D eigenvalue weighted by Gasteiger charge is -2.48. The highest BCUT2D eigenvalue weighted by atomic mass is 16.5. The van der Waals surface area contributed by atoms with Crippen LogP contribution in [0.1, 0.15) is 70.3 Å². The smallest absolute Gasteiger partial charge is 0.163 e. The molecule has 0 saturated carbocycles. The van der Waals surface area contributed by atoms with Gasteiger partial charge in [-0.05, 0) is 68.2 Å². The summed E-state index contributed by atoms with van der Waals surface area (Å²) < 4.78 is 6.30. The molecule has 2 heterocycles. The van der Waals surface area contributed by atoms with Gasteiger partial charge in [-0.2, -0.15) is 0 Å². The van der Waals surface area contributed by atoms with E-state index in [4.69, 9.17) is 19.7 Å². The Morgan fingerprint density at radius 1 is 0.857 bits per heavy atom. The molecule has 1 aromatic heterocycles. The van der Waals surface area contributed by atoms with Crippen LogP contribution >= 0.6 is 0 Å². The number of hydrogen-bond donors (Lipinski definition) is 0. The van der Waals surface area contributed by atoms with Crippen LogP contribution < -0.4 is 9.64 Å². The first-order chi connectivity index (χ1) is 20.4. The molecule has 0 bridgehead atoms. The molecule has 212 valence electrons. The number of nitrogens with zero attached hydrogens (tertiary/aromatic N) is 4. The lowest BCUT2D eigenvalue weighted by molar-refractivity contribution is 0.346. The van der Waals surface area contributed by atoms with Gasteiger partial charge in [-0.15, -0.1) is 0 Å². The predicted molar refractivity (Wildman–Crippen MR) is 171 cm³/mol. The average molecular weight is 555 g/mol. The maximum absolute atomic E-state index is 6.30. The Kier molecular flexibility index (Phi) is 6.69. The van der Waals surface area contributed by atoms with E-state index in [9.17, 15) is 0 Å². The quantitative estimate of drug-likeness (QED) is 0.301. The fraction of sp³-hybridized carbons (Fsp3) is 0.324. The monoisotopic (exact) mass is 554 g/mol. The second-order valence-electron chi connectivity index (χ2n) is 12.6. The molecule has 4 aliphatic rings. The Morgan fingerprint density at radius 2 is 1.57 bits per heavy atom. The van der Waals surface area contributed by atoms with Gasteiger partial charge in [0.2, 0.25) is 0 Å². The van der Waals surface area contributed by atoms with Crippen LogP contribution in [-0.2, 0) is 0 Å². The third-order valence-electron chi connectivity index (χ3n) is 9.12. The van der Waals surface area contributed by atoms with Crippen LogP contribution in [0.25, 0.3) is 11.1 Å². The first-order valence-electron chi connectivity index (χ1n) is 15.3. The third kappa shape index (κ3) is 4.71. The van der Waals surface area contributed by atoms with Gasteiger partial charge in [0.05, 0.1) is 16.9 Å². The Labute approximate surface area is 249 Å². The molecule has 5 atom stereocenters. The number of allylic oxidation sites excluding steroid dienone is 9. The Morgan fingerprint density at radius 3 is 2.26 bits per heavy atom. The van der Waals surface area contributed by atoms with E-state index >= 15 is 0 Å². The zero-order valence-corrected chi connectivity index (χ0v) is 24.9. The predicted octanol–water partition coefficient (Wildman–Crippen LogP) is 9.21. The molecule has 0 radical (unpaired) electrons. The molecule has 0 fully saturated rings. The van der Waals surface area contributed by atoms with E-state index in [-0.39, 0.29) is 11.5 Å². The maximum Gasteiger partial charge on any atom is 0.163 e. The molecule has 5 heteroatoms. The number of para-hydroxylation sites is 4. The van der Waals surface area contributed by atoms with E-state index in [2.05, 4.69) is 118 Å². The minimum Gasteiger partial charge on any atom is -0.453 e. The zero-order valence-electron chi connectivity index (χ0n) is 24.9. The number of hydrogen-bond acceptors (Lipinski definition) is 5. The number of fused-ring (bicyclic) bond motifs is 2. The molecule has 7 rings (SSSR count). The summed E-state index contributed by atoms with van der Waals surface area (Å²) in [4.78, 5) is 17.8. The third-order valence-corrected chi connectivity index (χ3v) is 9.12. The molecule has 0 N–H and O–H groups in total. The van der Waals surface area contributed by atoms with Gasteiger partial charge in [-0.25, -0.2) is 15.0 Å². The average Bonchev–Trinajstić information content (AvgIpc) is 3.00. The van der Waals surface area contributed by atoms with E-state index < -0.39 is 0 Å². The van der Waals surface area contributed by atoms with Crippen LogP contribution in [0.3, 0.4) is 0 Å². The van der Waals surface area contributed by atoms with Crippen molar-refractivity contribution < 1.29 is 4.74 Å². The van der Waals surface area contributed by atoms with Gasteiger partial charge in [0.1, 0.15) is 5.82 Å². The Hall–Kier alpha value is -4.25. The summed E-state index contributed by atoms with van der Waals surface area (Å²) in [6.07, 6.45) is 20.9. The molecule has 42 heavy (non-hydrogen) atoms. The summed E-state index contributed by atoms with van der Waals surface area (Å²) in [6, 6.07) is 16.7. The van der Waals surface area contributed by atoms with Crippen molar-refractivity contribution >= 4 is 22.5 Å². The number of ether oxygens (including phenoxy) is 1. The number of benzene rings is 2. The SMILES string of the molecule is CC1C=C(c2nc(C3=CC=CCC3C)nc(C3C=CC(C)(N4c5ccccc5Oc5ccccc54)CC3C)n2)C=CC1. The van der Waals surface area contributed by atoms with Gasteiger partial charge in [-0.3, -0.25) is 0 Å². The molecule has 1 aliphatic heterocycles. The van der Waals surface area contributed by atoms with Crippen LogP contribution in [0.2, 0.25) is 0 Å². The summed E-state index contributed by atoms with van der Waals surface area (Å²) in [7, 11) is 0. The van der Waals surface area contributed by atoms with Crippen molar-refractivity contribution in [2.45, 2.75) is 58.4 Å². The largest absolute Gasteiger partial charge is 0.453 e. The minimum absolute atomic E-state index is 0.0886. The van der Waals surface area contributed by atoms with Crippen LogP contribution in [0.5, 0.6) is 11.5 Å². The van der Waals surface area contributed by atoms with Gasteiger partial charge in [-0.1, -0.05) is 93.6 Å². The van der Waals surface area contributed by atoms with E-state index in [0.29, 0.717) is 17.8 Å². The van der Waals surface area contributed by atoms with Gasteiger partial charge < -0.3 is 9.64 Å². The van der Waals surface area contributed by atoms with Crippen molar-refractivity contribution in [1.82, 2.24) is 15.0 Å². The molecule has 2 aromatic carbocycles. The fourth-order valence-corrected chi connectivity index (χ4v) is 6.94. The normalized spacial score (nSPS) is 28.0. The molecule has 5 unspecified atom stereocenters. The highest BCUT2D eigenvalue weighted by Gasteiger charge is 2.42. The molecule has 0 saturated heterocycles. The molecular weight excluding hydrogens is 516 g/mol. The van der Waals surface area contributed by atoms with E-state index in [1.54, 1.807) is 0 Å². The second kappa shape index (κ2) is 10.5. The first-order valence-corrected chi connectivity index (χ1v) is 15.3. The summed E-state index contributed by atoms with van der Waals surface area (Å²) in [5.41, 5.74) is 4.22. The summed E-state index contributed by atoms with van der Waals surface area (Å²) in [5, 5.41) is 0. The standard InChI is InChI=1S/C37H38N4O/c1-24-12-11-14-27(22-24)34-38-35(28-15-6-5-13-25(28)2)40-36(39-34)29-20-21-37(4,23-26(29)3)41-30-16-7-9-18-32(30)42-33-19-10-8-17-31(33)41/h5-11,14-22,24-26,29H,12-13,23H2,1-4H3. The number of anilines is 2. The number of aromatic nitrogens is 3. The summed E-state index contributed by atoms with van der Waals surface area (Å²) >= 11 is 0. The Bertz CT molecular complexity index is 1630. The summed E-state index contributed by atoms with van der Waals surface area (Å²) in [6.45, 7) is 9.17. The first kappa shape index (κ1) is 26.6. The van der Waals surface area contributed by atoms with Crippen LogP contribution in [0, 0.1) is 17.8 Å². The van der Waals surface area contributed by atoms with Gasteiger partial charge in [0.25, 0.3) is 0 Å². The molecule has 3 aliphatic carbocycles. The molecule has 3 aromatic rings. The van der Waals surface area contributed by atoms with Gasteiger partial charge in [0, 0.05) is 17.1 Å². The van der Waals surface area contributed by atoms with E-state index in [1.165, 1.54) is 5.57 Å². The van der Waals surface area contributed by atoms with Crippen molar-refractivity contribution in [2.75, 3.05) is 4.90 Å². The van der Waals surface area contributed by atoms with Gasteiger partial charge >= 0.3 is 0 Å². The Balaban J connectivity index is 1.30. The van der Waals surface area contributed by atoms with Crippen molar-refractivity contribution in [1.29, 1.82) is 0 Å². The second-order valence-corrected chi connectivity index (χ2v) is 12.6. The highest BCUT2D eigenvalue weighted by molar-refractivity contribution is 5.80. The van der Waals surface area contributed by atoms with Crippen molar-refractivity contribution in [2.24, 2.45) is 17.8 Å². The van der Waals surface area contributed by atoms with Crippen LogP contribution in [0.4, 0.5) is 11.4 Å². The molecule has 0 amide bonds. The minimum atomic E-state index is -0.250. The van der Waals surface area contributed by atoms with E-state index in [1.807, 2.05) is 12.1 Å². The fourth-order valence-electron chi connectivity index (χ4n) is 6.94. The van der Waals surface area contributed by atoms with Gasteiger partial charge in [0.15, 0.2) is 23.1 Å². The lowest BCUT2D eigenvalue weighted by atomic mass is 9.74. The molecule has 5 nitrogen and oxygen atoms in total. The van der Waals surface area contributed by atoms with Crippen molar-refractivity contribution in [3.05, 3.63) is 115 Å². The van der Waals surface area contributed by atoms with Crippen molar-refractivity contribution in [3.63, 3.8) is 0 Å². The van der Waals surface area contributed by atoms with Crippen LogP contribution in [0.15, 0.2) is 97.1 Å². The molecular formula is C37H38N4O. The van der Waals surface area contributed by atoms with Crippen LogP contribution in [-0.4, -0.2) is 20.5 Å². The maximum atomic E-state index is 6.30. The van der Waals surface area contributed by atoms with E-state index in [0.717, 1.165) is 65.2 Å². The zero-order chi connectivity index (χ0) is 28.8. The van der Waals surface area contributed by atoms with Crippen molar-refractivity contribution in [3.8, 4) is 11.5 Å². The number of rotatable bonds is 4. The summed E-state index contributed by atoms with van der Waals surface area (Å²) in [5.74, 6) is 5.46. The topological polar surface area (TPSA) is 51.1 Å². The molecule has 0 spiro atoms. The lowest BCUT2D eigenvalue weighted by Crippen LogP contribution is -2.46. The highest BCUT2D eigenvalue weighted by Crippen LogP contribution is 2.53.